The zero-order valence-corrected chi connectivity index (χ0v) is 14.6. The quantitative estimate of drug-likeness (QED) is 0.607. The molecule has 0 saturated carbocycles. The Morgan fingerprint density at radius 2 is 2.16 bits per heavy atom. The molecular weight excluding hydrogens is 385 g/mol. The minimum absolute atomic E-state index is 0.0657. The van der Waals surface area contributed by atoms with Crippen LogP contribution in [0.25, 0.3) is 0 Å². The van der Waals surface area contributed by atoms with Gasteiger partial charge < -0.3 is 15.2 Å². The average Bonchev–Trinajstić information content (AvgIpc) is 2.51. The number of carboxylic acid groups (broad SMARTS) is 1. The van der Waals surface area contributed by atoms with E-state index in [0.29, 0.717) is 23.1 Å². The SMILES string of the molecule is COCC1=C(C(=O)O)N2C(=O)C(NC(=O)CSCC(F)(F)F)[C@H]2SC1. The van der Waals surface area contributed by atoms with E-state index in [1.807, 2.05) is 0 Å². The van der Waals surface area contributed by atoms with E-state index in [2.05, 4.69) is 5.32 Å². The van der Waals surface area contributed by atoms with Gasteiger partial charge in [-0.3, -0.25) is 14.5 Å². The lowest BCUT2D eigenvalue weighted by Gasteiger charge is -2.49. The number of nitrogens with zero attached hydrogens (tertiary/aromatic N) is 1. The second-order valence-corrected chi connectivity index (χ2v) is 7.34. The first-order valence-electron chi connectivity index (χ1n) is 6.98. The molecule has 0 radical (unpaired) electrons. The number of fused-ring (bicyclic) bond motifs is 1. The molecule has 2 atom stereocenters. The number of β-lactam (4-membered cyclic amide) rings is 1. The van der Waals surface area contributed by atoms with Gasteiger partial charge in [0.1, 0.15) is 17.1 Å². The maximum absolute atomic E-state index is 12.2. The van der Waals surface area contributed by atoms with E-state index in [1.54, 1.807) is 0 Å². The van der Waals surface area contributed by atoms with Crippen LogP contribution in [-0.4, -0.2) is 76.4 Å². The topological polar surface area (TPSA) is 95.9 Å². The van der Waals surface area contributed by atoms with Gasteiger partial charge in [-0.05, 0) is 5.57 Å². The average molecular weight is 400 g/mol. The number of aliphatic carboxylic acids is 1. The second kappa shape index (κ2) is 7.87. The van der Waals surface area contributed by atoms with Crippen molar-refractivity contribution in [2.24, 2.45) is 0 Å². The zero-order chi connectivity index (χ0) is 18.8. The van der Waals surface area contributed by atoms with Gasteiger partial charge in [-0.1, -0.05) is 0 Å². The van der Waals surface area contributed by atoms with E-state index in [4.69, 9.17) is 4.74 Å². The van der Waals surface area contributed by atoms with Crippen LogP contribution in [0.1, 0.15) is 0 Å². The van der Waals surface area contributed by atoms with Crippen molar-refractivity contribution in [2.75, 3.05) is 31.0 Å². The Kier molecular flexibility index (Phi) is 6.27. The Labute approximate surface area is 149 Å². The van der Waals surface area contributed by atoms with Crippen LogP contribution in [0.2, 0.25) is 0 Å². The third-order valence-corrected chi connectivity index (χ3v) is 5.72. The molecule has 25 heavy (non-hydrogen) atoms. The smallest absolute Gasteiger partial charge is 0.397 e. The number of thioether (sulfide) groups is 2. The summed E-state index contributed by atoms with van der Waals surface area (Å²) >= 11 is 1.67. The van der Waals surface area contributed by atoms with Crippen molar-refractivity contribution in [2.45, 2.75) is 17.6 Å². The summed E-state index contributed by atoms with van der Waals surface area (Å²) in [6.07, 6.45) is -4.37. The van der Waals surface area contributed by atoms with E-state index in [1.165, 1.54) is 18.9 Å². The fourth-order valence-corrected chi connectivity index (χ4v) is 4.37. The monoisotopic (exact) mass is 400 g/mol. The zero-order valence-electron chi connectivity index (χ0n) is 13.0. The lowest BCUT2D eigenvalue weighted by atomic mass is 10.0. The van der Waals surface area contributed by atoms with Crippen LogP contribution in [0.4, 0.5) is 13.2 Å². The summed E-state index contributed by atoms with van der Waals surface area (Å²) in [6.45, 7) is 0.0657. The van der Waals surface area contributed by atoms with E-state index in [9.17, 15) is 32.7 Å². The van der Waals surface area contributed by atoms with E-state index in [0.717, 1.165) is 4.90 Å². The first-order valence-corrected chi connectivity index (χ1v) is 9.19. The molecule has 0 aromatic heterocycles. The largest absolute Gasteiger partial charge is 0.477 e. The molecule has 2 aliphatic heterocycles. The minimum atomic E-state index is -4.37. The van der Waals surface area contributed by atoms with Crippen LogP contribution in [-0.2, 0) is 19.1 Å². The van der Waals surface area contributed by atoms with Crippen molar-refractivity contribution in [1.29, 1.82) is 0 Å². The normalized spacial score (nSPS) is 23.2. The third kappa shape index (κ3) is 4.61. The number of carbonyl (C=O) groups is 3. The molecule has 1 fully saturated rings. The number of halogens is 3. The summed E-state index contributed by atoms with van der Waals surface area (Å²) in [7, 11) is 1.41. The molecule has 140 valence electrons. The number of amides is 2. The molecule has 2 amide bonds. The molecule has 0 spiro atoms. The minimum Gasteiger partial charge on any atom is -0.477 e. The summed E-state index contributed by atoms with van der Waals surface area (Å²) < 4.78 is 41.1. The summed E-state index contributed by atoms with van der Waals surface area (Å²) in [5.41, 5.74) is 0.294. The van der Waals surface area contributed by atoms with Gasteiger partial charge >= 0.3 is 12.1 Å². The van der Waals surface area contributed by atoms with Gasteiger partial charge in [-0.2, -0.15) is 13.2 Å². The highest BCUT2D eigenvalue weighted by atomic mass is 32.2. The van der Waals surface area contributed by atoms with Gasteiger partial charge in [0, 0.05) is 12.9 Å². The van der Waals surface area contributed by atoms with Gasteiger partial charge in [-0.15, -0.1) is 23.5 Å². The number of methoxy groups -OCH3 is 1. The summed E-state index contributed by atoms with van der Waals surface area (Å²) in [5.74, 6) is -3.84. The first kappa shape index (κ1) is 19.9. The Hall–Kier alpha value is -1.40. The molecule has 12 heteroatoms. The second-order valence-electron chi connectivity index (χ2n) is 5.25. The van der Waals surface area contributed by atoms with Crippen LogP contribution in [0.5, 0.6) is 0 Å². The van der Waals surface area contributed by atoms with E-state index in [-0.39, 0.29) is 12.3 Å². The molecular formula is C13H15F3N2O5S2. The number of hydrogen-bond acceptors (Lipinski definition) is 6. The van der Waals surface area contributed by atoms with Crippen molar-refractivity contribution >= 4 is 41.3 Å². The first-order chi connectivity index (χ1) is 11.7. The van der Waals surface area contributed by atoms with Crippen LogP contribution >= 0.6 is 23.5 Å². The van der Waals surface area contributed by atoms with Crippen molar-refractivity contribution in [3.8, 4) is 0 Å². The Morgan fingerprint density at radius 3 is 2.72 bits per heavy atom. The fourth-order valence-electron chi connectivity index (χ4n) is 2.44. The Bertz CT molecular complexity index is 611. The lowest BCUT2D eigenvalue weighted by Crippen LogP contribution is -2.70. The number of carbonyl (C=O) groups excluding carboxylic acids is 2. The molecule has 7 nitrogen and oxygen atoms in total. The highest BCUT2D eigenvalue weighted by Gasteiger charge is 2.54. The number of hydrogen-bond donors (Lipinski definition) is 2. The molecule has 2 rings (SSSR count). The molecule has 1 saturated heterocycles. The number of alkyl halides is 3. The Morgan fingerprint density at radius 1 is 1.48 bits per heavy atom. The van der Waals surface area contributed by atoms with Crippen molar-refractivity contribution in [3.63, 3.8) is 0 Å². The number of rotatable bonds is 7. The van der Waals surface area contributed by atoms with Gasteiger partial charge in [-0.25, -0.2) is 4.79 Å². The summed E-state index contributed by atoms with van der Waals surface area (Å²) in [6, 6.07) is -0.942. The lowest BCUT2D eigenvalue weighted by molar-refractivity contribution is -0.150. The number of carboxylic acids is 1. The van der Waals surface area contributed by atoms with Crippen molar-refractivity contribution in [1.82, 2.24) is 10.2 Å². The third-order valence-electron chi connectivity index (χ3n) is 3.38. The van der Waals surface area contributed by atoms with E-state index >= 15 is 0 Å². The van der Waals surface area contributed by atoms with Crippen molar-refractivity contribution < 1.29 is 37.4 Å². The van der Waals surface area contributed by atoms with Gasteiger partial charge in [0.25, 0.3) is 5.91 Å². The maximum atomic E-state index is 12.2. The van der Waals surface area contributed by atoms with Crippen LogP contribution in [0.15, 0.2) is 11.3 Å². The number of ether oxygens (including phenoxy) is 1. The fraction of sp³-hybridized carbons (Fsp3) is 0.615. The van der Waals surface area contributed by atoms with Gasteiger partial charge in [0.2, 0.25) is 5.91 Å². The van der Waals surface area contributed by atoms with Gasteiger partial charge in [0.05, 0.1) is 18.1 Å². The molecule has 2 aliphatic rings. The van der Waals surface area contributed by atoms with Gasteiger partial charge in [0.15, 0.2) is 0 Å². The van der Waals surface area contributed by atoms with Crippen LogP contribution < -0.4 is 5.32 Å². The molecule has 0 aliphatic carbocycles. The highest BCUT2D eigenvalue weighted by Crippen LogP contribution is 2.40. The molecule has 2 heterocycles. The molecule has 1 unspecified atom stereocenters. The maximum Gasteiger partial charge on any atom is 0.397 e. The van der Waals surface area contributed by atoms with Crippen LogP contribution in [0.3, 0.4) is 0 Å². The standard InChI is InChI=1S/C13H15F3N2O5S2/c1-23-2-6-3-25-11-8(10(20)18(11)9(6)12(21)22)17-7(19)4-24-5-13(14,15)16/h8,11H,2-5H2,1H3,(H,17,19)(H,21,22)/t8?,11-/m1/s1. The molecule has 2 N–H and O–H groups in total. The summed E-state index contributed by atoms with van der Waals surface area (Å²) in [5, 5.41) is 11.1. The highest BCUT2D eigenvalue weighted by molar-refractivity contribution is 8.00. The molecule has 0 aromatic carbocycles. The predicted octanol–water partition coefficient (Wildman–Crippen LogP) is 0.667. The summed E-state index contributed by atoms with van der Waals surface area (Å²) in [4.78, 5) is 36.4. The molecule has 0 bridgehead atoms. The predicted molar refractivity (Wildman–Crippen MR) is 84.9 cm³/mol. The molecule has 0 aromatic rings. The van der Waals surface area contributed by atoms with Crippen molar-refractivity contribution in [3.05, 3.63) is 11.3 Å². The van der Waals surface area contributed by atoms with Crippen LogP contribution in [0, 0.1) is 0 Å². The van der Waals surface area contributed by atoms with E-state index < -0.39 is 46.9 Å². The number of nitrogens with one attached hydrogen (secondary N) is 1. The Balaban J connectivity index is 1.97.